The number of alkyl halides is 2. The monoisotopic (exact) mass is 336 g/mol. The molecule has 1 amide bonds. The van der Waals surface area contributed by atoms with Crippen LogP contribution in [0, 0.1) is 6.92 Å². The molecule has 1 N–H and O–H groups in total. The predicted octanol–water partition coefficient (Wildman–Crippen LogP) is 3.61. The van der Waals surface area contributed by atoms with Gasteiger partial charge in [0, 0.05) is 30.2 Å². The van der Waals surface area contributed by atoms with Gasteiger partial charge in [0.25, 0.3) is 6.43 Å². The molecule has 0 aliphatic rings. The molecule has 1 aromatic heterocycles. The van der Waals surface area contributed by atoms with E-state index < -0.39 is 6.43 Å². The summed E-state index contributed by atoms with van der Waals surface area (Å²) < 4.78 is 26.5. The molecule has 2 aromatic rings. The van der Waals surface area contributed by atoms with Crippen LogP contribution in [0.15, 0.2) is 30.3 Å². The number of aryl methyl sites for hydroxylation is 1. The van der Waals surface area contributed by atoms with Crippen LogP contribution in [-0.2, 0) is 11.3 Å². The number of carbonyl (C=O) groups is 1. The summed E-state index contributed by atoms with van der Waals surface area (Å²) in [4.78, 5) is 14.3. The minimum absolute atomic E-state index is 0.101. The number of anilines is 2. The second kappa shape index (κ2) is 7.90. The van der Waals surface area contributed by atoms with E-state index in [0.717, 1.165) is 18.8 Å². The molecular weight excluding hydrogens is 314 g/mol. The summed E-state index contributed by atoms with van der Waals surface area (Å²) in [5.41, 5.74) is 1.96. The van der Waals surface area contributed by atoms with Crippen molar-refractivity contribution in [3.8, 4) is 0 Å². The lowest BCUT2D eigenvalue weighted by Crippen LogP contribution is -2.22. The van der Waals surface area contributed by atoms with Gasteiger partial charge in [-0.1, -0.05) is 0 Å². The average Bonchev–Trinajstić information content (AvgIpc) is 2.91. The molecule has 0 aliphatic carbocycles. The van der Waals surface area contributed by atoms with Gasteiger partial charge in [-0.3, -0.25) is 9.48 Å². The third kappa shape index (κ3) is 4.31. The SMILES string of the molecule is CCN(CC)c1ccc(NC(=O)Cn2nc(C(F)F)cc2C)cc1. The molecule has 0 spiro atoms. The van der Waals surface area contributed by atoms with Crippen molar-refractivity contribution in [2.24, 2.45) is 0 Å². The van der Waals surface area contributed by atoms with Crippen LogP contribution in [0.1, 0.15) is 31.7 Å². The van der Waals surface area contributed by atoms with E-state index >= 15 is 0 Å². The molecule has 1 aromatic carbocycles. The van der Waals surface area contributed by atoms with Gasteiger partial charge in [-0.2, -0.15) is 5.10 Å². The zero-order valence-electron chi connectivity index (χ0n) is 14.1. The molecule has 0 atom stereocenters. The van der Waals surface area contributed by atoms with Gasteiger partial charge in [-0.15, -0.1) is 0 Å². The molecule has 0 bridgehead atoms. The molecular formula is C17H22F2N4O. The Morgan fingerprint density at radius 1 is 1.25 bits per heavy atom. The number of hydrogen-bond donors (Lipinski definition) is 1. The normalized spacial score (nSPS) is 10.9. The molecule has 0 saturated heterocycles. The molecule has 0 saturated carbocycles. The molecule has 130 valence electrons. The molecule has 5 nitrogen and oxygen atoms in total. The molecule has 2 rings (SSSR count). The third-order valence-electron chi connectivity index (χ3n) is 3.80. The number of aromatic nitrogens is 2. The van der Waals surface area contributed by atoms with Crippen molar-refractivity contribution >= 4 is 17.3 Å². The summed E-state index contributed by atoms with van der Waals surface area (Å²) in [6.45, 7) is 7.53. The van der Waals surface area contributed by atoms with Crippen LogP contribution in [0.25, 0.3) is 0 Å². The minimum Gasteiger partial charge on any atom is -0.372 e. The van der Waals surface area contributed by atoms with Crippen LogP contribution >= 0.6 is 0 Å². The van der Waals surface area contributed by atoms with Gasteiger partial charge in [0.1, 0.15) is 12.2 Å². The average molecular weight is 336 g/mol. The molecule has 0 radical (unpaired) electrons. The lowest BCUT2D eigenvalue weighted by Gasteiger charge is -2.21. The van der Waals surface area contributed by atoms with Crippen molar-refractivity contribution in [3.05, 3.63) is 41.7 Å². The van der Waals surface area contributed by atoms with E-state index in [9.17, 15) is 13.6 Å². The van der Waals surface area contributed by atoms with Crippen LogP contribution in [-0.4, -0.2) is 28.8 Å². The van der Waals surface area contributed by atoms with Crippen molar-refractivity contribution in [1.82, 2.24) is 9.78 Å². The maximum atomic E-state index is 12.6. The number of nitrogens with one attached hydrogen (secondary N) is 1. The number of halogens is 2. The van der Waals surface area contributed by atoms with Crippen LogP contribution in [0.5, 0.6) is 0 Å². The largest absolute Gasteiger partial charge is 0.372 e. The zero-order chi connectivity index (χ0) is 17.7. The quantitative estimate of drug-likeness (QED) is 0.840. The lowest BCUT2D eigenvalue weighted by molar-refractivity contribution is -0.117. The number of nitrogens with zero attached hydrogens (tertiary/aromatic N) is 3. The van der Waals surface area contributed by atoms with Crippen molar-refractivity contribution in [1.29, 1.82) is 0 Å². The maximum Gasteiger partial charge on any atom is 0.282 e. The second-order valence-electron chi connectivity index (χ2n) is 5.44. The summed E-state index contributed by atoms with van der Waals surface area (Å²) in [6, 6.07) is 8.82. The van der Waals surface area contributed by atoms with Crippen molar-refractivity contribution in [3.63, 3.8) is 0 Å². The Labute approximate surface area is 140 Å². The molecule has 0 fully saturated rings. The first-order valence-corrected chi connectivity index (χ1v) is 7.92. The van der Waals surface area contributed by atoms with Crippen LogP contribution in [0.3, 0.4) is 0 Å². The smallest absolute Gasteiger partial charge is 0.282 e. The van der Waals surface area contributed by atoms with Crippen LogP contribution in [0.2, 0.25) is 0 Å². The van der Waals surface area contributed by atoms with E-state index in [2.05, 4.69) is 29.2 Å². The van der Waals surface area contributed by atoms with E-state index in [1.807, 2.05) is 24.3 Å². The Hall–Kier alpha value is -2.44. The van der Waals surface area contributed by atoms with E-state index in [1.165, 1.54) is 10.7 Å². The van der Waals surface area contributed by atoms with Gasteiger partial charge < -0.3 is 10.2 Å². The van der Waals surface area contributed by atoms with Gasteiger partial charge in [-0.25, -0.2) is 8.78 Å². The Bertz CT molecular complexity index is 678. The first-order chi connectivity index (χ1) is 11.4. The Kier molecular flexibility index (Phi) is 5.89. The van der Waals surface area contributed by atoms with Gasteiger partial charge >= 0.3 is 0 Å². The lowest BCUT2D eigenvalue weighted by atomic mass is 10.2. The number of amides is 1. The fourth-order valence-electron chi connectivity index (χ4n) is 2.48. The third-order valence-corrected chi connectivity index (χ3v) is 3.80. The Morgan fingerprint density at radius 3 is 2.38 bits per heavy atom. The highest BCUT2D eigenvalue weighted by Crippen LogP contribution is 2.19. The first kappa shape index (κ1) is 17.9. The van der Waals surface area contributed by atoms with Crippen molar-refractivity contribution in [2.75, 3.05) is 23.3 Å². The van der Waals surface area contributed by atoms with Gasteiger partial charge in [0.2, 0.25) is 5.91 Å². The summed E-state index contributed by atoms with van der Waals surface area (Å²) >= 11 is 0. The van der Waals surface area contributed by atoms with Crippen molar-refractivity contribution in [2.45, 2.75) is 33.7 Å². The van der Waals surface area contributed by atoms with Crippen LogP contribution < -0.4 is 10.2 Å². The fraction of sp³-hybridized carbons (Fsp3) is 0.412. The molecule has 1 heterocycles. The minimum atomic E-state index is -2.64. The summed E-state index contributed by atoms with van der Waals surface area (Å²) in [5, 5.41) is 6.50. The Morgan fingerprint density at radius 2 is 1.88 bits per heavy atom. The van der Waals surface area contributed by atoms with Gasteiger partial charge in [0.15, 0.2) is 0 Å². The summed E-state index contributed by atoms with van der Waals surface area (Å²) in [7, 11) is 0. The van der Waals surface area contributed by atoms with E-state index in [-0.39, 0.29) is 18.1 Å². The number of carbonyl (C=O) groups excluding carboxylic acids is 1. The maximum absolute atomic E-state index is 12.6. The topological polar surface area (TPSA) is 50.2 Å². The molecule has 0 unspecified atom stereocenters. The highest BCUT2D eigenvalue weighted by molar-refractivity contribution is 5.90. The number of benzene rings is 1. The number of rotatable bonds is 7. The van der Waals surface area contributed by atoms with E-state index in [4.69, 9.17) is 0 Å². The summed E-state index contributed by atoms with van der Waals surface area (Å²) in [5.74, 6) is -0.308. The van der Waals surface area contributed by atoms with Crippen LogP contribution in [0.4, 0.5) is 20.2 Å². The van der Waals surface area contributed by atoms with E-state index in [0.29, 0.717) is 11.4 Å². The molecule has 7 heteroatoms. The van der Waals surface area contributed by atoms with E-state index in [1.54, 1.807) is 6.92 Å². The van der Waals surface area contributed by atoms with Gasteiger partial charge in [0.05, 0.1) is 0 Å². The highest BCUT2D eigenvalue weighted by atomic mass is 19.3. The predicted molar refractivity (Wildman–Crippen MR) is 90.6 cm³/mol. The summed E-state index contributed by atoms with van der Waals surface area (Å²) in [6.07, 6.45) is -2.64. The first-order valence-electron chi connectivity index (χ1n) is 7.92. The van der Waals surface area contributed by atoms with Gasteiger partial charge in [-0.05, 0) is 51.1 Å². The standard InChI is InChI=1S/C17H22F2N4O/c1-4-22(5-2)14-8-6-13(7-9-14)20-16(24)11-23-12(3)10-15(21-23)17(18)19/h6-10,17H,4-5,11H2,1-3H3,(H,20,24). The fourth-order valence-corrected chi connectivity index (χ4v) is 2.48. The number of hydrogen-bond acceptors (Lipinski definition) is 3. The molecule has 24 heavy (non-hydrogen) atoms. The second-order valence-corrected chi connectivity index (χ2v) is 5.44. The Balaban J connectivity index is 1.99. The zero-order valence-corrected chi connectivity index (χ0v) is 14.1. The highest BCUT2D eigenvalue weighted by Gasteiger charge is 2.15. The van der Waals surface area contributed by atoms with Crippen molar-refractivity contribution < 1.29 is 13.6 Å². The molecule has 0 aliphatic heterocycles.